The van der Waals surface area contributed by atoms with Crippen LogP contribution in [0.2, 0.25) is 0 Å². The van der Waals surface area contributed by atoms with E-state index in [2.05, 4.69) is 46.6 Å². The van der Waals surface area contributed by atoms with Gasteiger partial charge in [0.1, 0.15) is 5.01 Å². The van der Waals surface area contributed by atoms with E-state index in [1.807, 2.05) is 24.3 Å². The van der Waals surface area contributed by atoms with Crippen molar-refractivity contribution < 1.29 is 0 Å². The van der Waals surface area contributed by atoms with Crippen molar-refractivity contribution >= 4 is 22.2 Å². The molecule has 3 aromatic rings. The molecular weight excluding hydrogens is 266 g/mol. The molecule has 20 heavy (non-hydrogen) atoms. The summed E-state index contributed by atoms with van der Waals surface area (Å²) in [5.74, 6) is 0. The van der Waals surface area contributed by atoms with Gasteiger partial charge in [-0.2, -0.15) is 0 Å². The molecule has 102 valence electrons. The van der Waals surface area contributed by atoms with Crippen LogP contribution in [0.3, 0.4) is 0 Å². The third-order valence-corrected chi connectivity index (χ3v) is 3.97. The van der Waals surface area contributed by atoms with Crippen LogP contribution in [0, 0.1) is 0 Å². The molecule has 0 fully saturated rings. The first-order valence-electron chi connectivity index (χ1n) is 6.76. The van der Waals surface area contributed by atoms with Crippen molar-refractivity contribution in [3.05, 3.63) is 47.5 Å². The largest absolute Gasteiger partial charge is 0.309 e. The zero-order valence-electron chi connectivity index (χ0n) is 11.6. The van der Waals surface area contributed by atoms with E-state index in [-0.39, 0.29) is 0 Å². The van der Waals surface area contributed by atoms with Crippen LogP contribution in [0.4, 0.5) is 0 Å². The molecule has 1 N–H and O–H groups in total. The fourth-order valence-electron chi connectivity index (χ4n) is 2.00. The van der Waals surface area contributed by atoms with Gasteiger partial charge in [0.15, 0.2) is 0 Å². The van der Waals surface area contributed by atoms with Crippen LogP contribution in [0.5, 0.6) is 0 Å². The first-order valence-corrected chi connectivity index (χ1v) is 7.64. The monoisotopic (exact) mass is 283 g/mol. The van der Waals surface area contributed by atoms with Gasteiger partial charge in [-0.1, -0.05) is 38.1 Å². The number of fused-ring (bicyclic) bond motifs is 1. The van der Waals surface area contributed by atoms with Crippen molar-refractivity contribution in [1.29, 1.82) is 0 Å². The van der Waals surface area contributed by atoms with E-state index in [1.165, 1.54) is 0 Å². The number of hydrogen-bond donors (Lipinski definition) is 1. The van der Waals surface area contributed by atoms with Crippen molar-refractivity contribution in [1.82, 2.24) is 15.3 Å². The molecule has 0 aliphatic carbocycles. The summed E-state index contributed by atoms with van der Waals surface area (Å²) in [6.07, 6.45) is 0. The number of rotatable bonds is 4. The maximum Gasteiger partial charge on any atom is 0.142 e. The Balaban J connectivity index is 1.87. The molecule has 0 spiro atoms. The molecule has 0 saturated heterocycles. The van der Waals surface area contributed by atoms with Crippen LogP contribution >= 0.6 is 11.3 Å². The second kappa shape index (κ2) is 5.69. The van der Waals surface area contributed by atoms with Crippen LogP contribution in [0.1, 0.15) is 19.5 Å². The summed E-state index contributed by atoms with van der Waals surface area (Å²) in [7, 11) is 0. The third kappa shape index (κ3) is 2.86. The zero-order chi connectivity index (χ0) is 13.9. The Bertz CT molecular complexity index is 718. The highest BCUT2D eigenvalue weighted by atomic mass is 32.1. The van der Waals surface area contributed by atoms with Crippen molar-refractivity contribution in [3.8, 4) is 10.7 Å². The molecule has 1 aromatic carbocycles. The molecule has 2 heterocycles. The SMILES string of the molecule is CC(C)NCc1csc(-c2ccc3ccccc3n2)n1. The topological polar surface area (TPSA) is 37.8 Å². The minimum Gasteiger partial charge on any atom is -0.309 e. The van der Waals surface area contributed by atoms with Gasteiger partial charge in [-0.3, -0.25) is 0 Å². The highest BCUT2D eigenvalue weighted by Gasteiger charge is 2.07. The first-order chi connectivity index (χ1) is 9.72. The predicted octanol–water partition coefficient (Wildman–Crippen LogP) is 3.86. The molecule has 2 aromatic heterocycles. The van der Waals surface area contributed by atoms with E-state index in [4.69, 9.17) is 0 Å². The van der Waals surface area contributed by atoms with E-state index in [1.54, 1.807) is 11.3 Å². The number of benzene rings is 1. The maximum absolute atomic E-state index is 4.68. The Hall–Kier alpha value is -1.78. The number of nitrogens with zero attached hydrogens (tertiary/aromatic N) is 2. The van der Waals surface area contributed by atoms with E-state index in [9.17, 15) is 0 Å². The summed E-state index contributed by atoms with van der Waals surface area (Å²) in [5.41, 5.74) is 3.04. The second-order valence-electron chi connectivity index (χ2n) is 5.07. The summed E-state index contributed by atoms with van der Waals surface area (Å²) in [6, 6.07) is 12.8. The minimum absolute atomic E-state index is 0.471. The van der Waals surface area contributed by atoms with Gasteiger partial charge in [-0.25, -0.2) is 9.97 Å². The zero-order valence-corrected chi connectivity index (χ0v) is 12.4. The highest BCUT2D eigenvalue weighted by molar-refractivity contribution is 7.13. The molecule has 0 saturated carbocycles. The van der Waals surface area contributed by atoms with E-state index >= 15 is 0 Å². The predicted molar refractivity (Wildman–Crippen MR) is 84.8 cm³/mol. The van der Waals surface area contributed by atoms with Gasteiger partial charge in [0.25, 0.3) is 0 Å². The standard InChI is InChI=1S/C16H17N3S/c1-11(2)17-9-13-10-20-16(18-13)15-8-7-12-5-3-4-6-14(12)19-15/h3-8,10-11,17H,9H2,1-2H3. The third-order valence-electron chi connectivity index (χ3n) is 3.06. The summed E-state index contributed by atoms with van der Waals surface area (Å²) < 4.78 is 0. The molecule has 3 nitrogen and oxygen atoms in total. The minimum atomic E-state index is 0.471. The summed E-state index contributed by atoms with van der Waals surface area (Å²) in [6.45, 7) is 5.08. The number of thiazole rings is 1. The van der Waals surface area contributed by atoms with E-state index in [0.717, 1.165) is 33.8 Å². The van der Waals surface area contributed by atoms with Crippen LogP contribution in [-0.4, -0.2) is 16.0 Å². The number of aromatic nitrogens is 2. The summed E-state index contributed by atoms with van der Waals surface area (Å²) in [4.78, 5) is 9.33. The molecule has 0 atom stereocenters. The van der Waals surface area contributed by atoms with Gasteiger partial charge < -0.3 is 5.32 Å². The fourth-order valence-corrected chi connectivity index (χ4v) is 2.79. The fraction of sp³-hybridized carbons (Fsp3) is 0.250. The summed E-state index contributed by atoms with van der Waals surface area (Å²) in [5, 5.41) is 7.62. The van der Waals surface area contributed by atoms with Gasteiger partial charge >= 0.3 is 0 Å². The molecule has 0 bridgehead atoms. The van der Waals surface area contributed by atoms with Gasteiger partial charge in [0.05, 0.1) is 16.9 Å². The molecule has 0 unspecified atom stereocenters. The second-order valence-corrected chi connectivity index (χ2v) is 5.93. The van der Waals surface area contributed by atoms with E-state index in [0.29, 0.717) is 6.04 Å². The van der Waals surface area contributed by atoms with Crippen molar-refractivity contribution in [2.45, 2.75) is 26.4 Å². The normalized spacial score (nSPS) is 11.3. The Morgan fingerprint density at radius 3 is 2.80 bits per heavy atom. The molecule has 0 amide bonds. The van der Waals surface area contributed by atoms with Crippen LogP contribution in [-0.2, 0) is 6.54 Å². The van der Waals surface area contributed by atoms with Gasteiger partial charge in [0.2, 0.25) is 0 Å². The summed E-state index contributed by atoms with van der Waals surface area (Å²) >= 11 is 1.65. The highest BCUT2D eigenvalue weighted by Crippen LogP contribution is 2.24. The number of para-hydroxylation sites is 1. The lowest BCUT2D eigenvalue weighted by molar-refractivity contribution is 0.583. The quantitative estimate of drug-likeness (QED) is 0.790. The Labute approximate surface area is 122 Å². The van der Waals surface area contributed by atoms with Gasteiger partial charge in [-0.05, 0) is 12.1 Å². The van der Waals surface area contributed by atoms with Crippen molar-refractivity contribution in [2.75, 3.05) is 0 Å². The van der Waals surface area contributed by atoms with Crippen LogP contribution in [0.15, 0.2) is 41.8 Å². The van der Waals surface area contributed by atoms with E-state index < -0.39 is 0 Å². The number of nitrogens with one attached hydrogen (secondary N) is 1. The van der Waals surface area contributed by atoms with Crippen LogP contribution in [0.25, 0.3) is 21.6 Å². The number of pyridine rings is 1. The lowest BCUT2D eigenvalue weighted by Gasteiger charge is -2.04. The van der Waals surface area contributed by atoms with Crippen LogP contribution < -0.4 is 5.32 Å². The Morgan fingerprint density at radius 1 is 1.10 bits per heavy atom. The van der Waals surface area contributed by atoms with Gasteiger partial charge in [-0.15, -0.1) is 11.3 Å². The van der Waals surface area contributed by atoms with Crippen molar-refractivity contribution in [2.24, 2.45) is 0 Å². The average molecular weight is 283 g/mol. The molecular formula is C16H17N3S. The van der Waals surface area contributed by atoms with Crippen molar-refractivity contribution in [3.63, 3.8) is 0 Å². The lowest BCUT2D eigenvalue weighted by Crippen LogP contribution is -2.21. The molecule has 3 rings (SSSR count). The molecule has 0 aliphatic heterocycles. The lowest BCUT2D eigenvalue weighted by atomic mass is 10.2. The smallest absolute Gasteiger partial charge is 0.142 e. The Morgan fingerprint density at radius 2 is 1.95 bits per heavy atom. The number of hydrogen-bond acceptors (Lipinski definition) is 4. The first kappa shape index (κ1) is 13.2. The molecule has 4 heteroatoms. The Kier molecular flexibility index (Phi) is 3.76. The average Bonchev–Trinajstić information content (AvgIpc) is 2.93. The molecule has 0 radical (unpaired) electrons. The maximum atomic E-state index is 4.68. The molecule has 0 aliphatic rings. The van der Waals surface area contributed by atoms with Gasteiger partial charge in [0, 0.05) is 23.4 Å².